The van der Waals surface area contributed by atoms with E-state index < -0.39 is 110 Å². The summed E-state index contributed by atoms with van der Waals surface area (Å²) in [6.45, 7) is 0.288. The van der Waals surface area contributed by atoms with Crippen LogP contribution in [0.4, 0.5) is 19.2 Å². The number of benzene rings is 2. The summed E-state index contributed by atoms with van der Waals surface area (Å²) < 4.78 is 23.0. The monoisotopic (exact) mass is 904 g/mol. The first-order valence-corrected chi connectivity index (χ1v) is 21.4. The molecule has 0 radical (unpaired) electrons. The summed E-state index contributed by atoms with van der Waals surface area (Å²) in [5.41, 5.74) is -8.97. The minimum atomic E-state index is -2.91. The van der Waals surface area contributed by atoms with Crippen LogP contribution in [0.3, 0.4) is 0 Å². The van der Waals surface area contributed by atoms with Gasteiger partial charge < -0.3 is 18.9 Å². The summed E-state index contributed by atoms with van der Waals surface area (Å²) in [4.78, 5) is 150. The highest BCUT2D eigenvalue weighted by molar-refractivity contribution is 6.13. The number of amides is 8. The maximum absolute atomic E-state index is 15.7. The molecule has 9 heterocycles. The van der Waals surface area contributed by atoms with Gasteiger partial charge >= 0.3 is 48.0 Å². The highest BCUT2D eigenvalue weighted by Gasteiger charge is 2.93. The van der Waals surface area contributed by atoms with Gasteiger partial charge in [-0.2, -0.15) is 0 Å². The van der Waals surface area contributed by atoms with Gasteiger partial charge in [0.25, 0.3) is 22.7 Å². The Balaban J connectivity index is 1.21. The quantitative estimate of drug-likeness (QED) is 0.178. The Morgan fingerprint density at radius 2 is 0.621 bits per heavy atom. The number of esters is 4. The van der Waals surface area contributed by atoms with Crippen molar-refractivity contribution in [2.24, 2.45) is 0 Å². The molecule has 66 heavy (non-hydrogen) atoms. The SMILES string of the molecule is CCOC(=O)C12N3Cc4nc5ccccc5nc4CN1C(=O)N1CN4C(=O)N5Cc6nc7ccccc7nc6CN6C(=O)N(CN(C3=O)C12C(=O)OCC)C4(C(=O)OCC)C65C(=O)OCC. The van der Waals surface area contributed by atoms with E-state index in [4.69, 9.17) is 38.9 Å². The Labute approximate surface area is 373 Å². The molecule has 5 saturated heterocycles. The van der Waals surface area contributed by atoms with Crippen LogP contribution in [0.5, 0.6) is 0 Å². The van der Waals surface area contributed by atoms with E-state index in [2.05, 4.69) is 0 Å². The van der Waals surface area contributed by atoms with Crippen LogP contribution in [0, 0.1) is 0 Å². The van der Waals surface area contributed by atoms with Crippen molar-refractivity contribution in [2.45, 2.75) is 76.5 Å². The fourth-order valence-electron chi connectivity index (χ4n) is 11.1. The predicted molar refractivity (Wildman–Crippen MR) is 217 cm³/mol. The first kappa shape index (κ1) is 40.8. The number of carbonyl (C=O) groups excluding carboxylic acids is 8. The average Bonchev–Trinajstić information content (AvgIpc) is 3.69. The molecular formula is C42H40N12O12. The van der Waals surface area contributed by atoms with E-state index in [1.54, 1.807) is 48.5 Å². The van der Waals surface area contributed by atoms with Crippen molar-refractivity contribution < 1.29 is 57.3 Å². The molecule has 0 atom stereocenters. The zero-order valence-electron chi connectivity index (χ0n) is 36.0. The van der Waals surface area contributed by atoms with E-state index in [0.717, 1.165) is 39.2 Å². The Morgan fingerprint density at radius 3 is 0.833 bits per heavy atom. The summed E-state index contributed by atoms with van der Waals surface area (Å²) >= 11 is 0. The molecule has 24 heteroatoms. The lowest BCUT2D eigenvalue weighted by Crippen LogP contribution is -2.81. The maximum atomic E-state index is 15.7. The molecular weight excluding hydrogens is 865 g/mol. The van der Waals surface area contributed by atoms with Crippen molar-refractivity contribution in [1.82, 2.24) is 59.1 Å². The fraction of sp³-hybridized carbons (Fsp3) is 0.429. The van der Waals surface area contributed by atoms with Gasteiger partial charge in [-0.25, -0.2) is 58.3 Å². The molecule has 4 aromatic rings. The molecule has 0 spiro atoms. The number of ether oxygens (including phenoxy) is 4. The lowest BCUT2D eigenvalue weighted by Gasteiger charge is -2.51. The van der Waals surface area contributed by atoms with Crippen LogP contribution < -0.4 is 0 Å². The number of hydrogen-bond acceptors (Lipinski definition) is 16. The molecule has 7 aliphatic heterocycles. The minimum Gasteiger partial charge on any atom is -0.463 e. The molecule has 0 bridgehead atoms. The van der Waals surface area contributed by atoms with E-state index in [-0.39, 0.29) is 49.2 Å². The van der Waals surface area contributed by atoms with Crippen LogP contribution in [0.1, 0.15) is 50.5 Å². The van der Waals surface area contributed by atoms with Gasteiger partial charge in [-0.1, -0.05) is 24.3 Å². The normalized spacial score (nSPS) is 26.7. The zero-order chi connectivity index (χ0) is 46.2. The van der Waals surface area contributed by atoms with Crippen molar-refractivity contribution in [3.05, 3.63) is 71.3 Å². The third kappa shape index (κ3) is 4.43. The summed E-state index contributed by atoms with van der Waals surface area (Å²) in [5, 5.41) is 0. The van der Waals surface area contributed by atoms with E-state index in [1.807, 2.05) is 0 Å². The van der Waals surface area contributed by atoms with E-state index in [9.17, 15) is 0 Å². The van der Waals surface area contributed by atoms with Crippen LogP contribution in [-0.2, 0) is 64.3 Å². The number of carbonyl (C=O) groups is 8. The van der Waals surface area contributed by atoms with Gasteiger partial charge in [-0.15, -0.1) is 0 Å². The van der Waals surface area contributed by atoms with Crippen LogP contribution >= 0.6 is 0 Å². The smallest absolute Gasteiger partial charge is 0.359 e. The van der Waals surface area contributed by atoms with Gasteiger partial charge in [0.2, 0.25) is 0 Å². The summed E-state index contributed by atoms with van der Waals surface area (Å²) in [6, 6.07) is 9.24. The van der Waals surface area contributed by atoms with E-state index in [0.29, 0.717) is 22.1 Å². The Hall–Kier alpha value is -7.92. The van der Waals surface area contributed by atoms with Crippen molar-refractivity contribution >= 4 is 70.1 Å². The summed E-state index contributed by atoms with van der Waals surface area (Å²) in [7, 11) is 0. The van der Waals surface area contributed by atoms with Crippen LogP contribution in [0.25, 0.3) is 22.1 Å². The van der Waals surface area contributed by atoms with Gasteiger partial charge in [-0.05, 0) is 52.0 Å². The van der Waals surface area contributed by atoms with E-state index in [1.165, 1.54) is 27.7 Å². The van der Waals surface area contributed by atoms with Gasteiger partial charge in [0.1, 0.15) is 13.3 Å². The molecule has 7 aliphatic rings. The molecule has 24 nitrogen and oxygen atoms in total. The van der Waals surface area contributed by atoms with Crippen LogP contribution in [-0.4, -0.2) is 170 Å². The van der Waals surface area contributed by atoms with Crippen molar-refractivity contribution in [3.63, 3.8) is 0 Å². The molecule has 0 saturated carbocycles. The van der Waals surface area contributed by atoms with Crippen LogP contribution in [0.2, 0.25) is 0 Å². The number of aromatic nitrogens is 4. The Kier molecular flexibility index (Phi) is 8.53. The molecule has 0 unspecified atom stereocenters. The largest absolute Gasteiger partial charge is 0.463 e. The fourth-order valence-corrected chi connectivity index (χ4v) is 11.1. The number of hydrogen-bond donors (Lipinski definition) is 0. The summed E-state index contributed by atoms with van der Waals surface area (Å²) in [5.74, 6) is -5.10. The minimum absolute atomic E-state index is 0.169. The van der Waals surface area contributed by atoms with Gasteiger partial charge in [0, 0.05) is 0 Å². The average molecular weight is 905 g/mol. The summed E-state index contributed by atoms with van der Waals surface area (Å²) in [6.07, 6.45) is 0. The molecule has 340 valence electrons. The van der Waals surface area contributed by atoms with E-state index >= 15 is 38.4 Å². The number of urea groups is 4. The van der Waals surface area contributed by atoms with Crippen molar-refractivity contribution in [2.75, 3.05) is 39.8 Å². The molecule has 0 N–H and O–H groups in total. The maximum Gasteiger partial charge on any atom is 0.359 e. The first-order valence-electron chi connectivity index (χ1n) is 21.4. The van der Waals surface area contributed by atoms with Crippen molar-refractivity contribution in [3.8, 4) is 0 Å². The molecule has 11 rings (SSSR count). The number of fused-ring (bicyclic) bond motifs is 4. The zero-order valence-corrected chi connectivity index (χ0v) is 36.0. The second kappa shape index (κ2) is 13.8. The predicted octanol–water partition coefficient (Wildman–Crippen LogP) is 1.22. The van der Waals surface area contributed by atoms with Gasteiger partial charge in [0.05, 0.1) is 97.4 Å². The molecule has 8 amide bonds. The van der Waals surface area contributed by atoms with Crippen LogP contribution in [0.15, 0.2) is 48.5 Å². The topological polar surface area (TPSA) is 251 Å². The third-order valence-electron chi connectivity index (χ3n) is 13.4. The lowest BCUT2D eigenvalue weighted by atomic mass is 9.88. The lowest BCUT2D eigenvalue weighted by molar-refractivity contribution is -0.209. The number of rotatable bonds is 8. The molecule has 0 aliphatic carbocycles. The third-order valence-corrected chi connectivity index (χ3v) is 13.4. The van der Waals surface area contributed by atoms with Gasteiger partial charge in [0.15, 0.2) is 0 Å². The molecule has 2 aromatic heterocycles. The number of nitrogens with zero attached hydrogens (tertiary/aromatic N) is 12. The standard InChI is InChI=1S/C42H40N12O12/c1-5-63-31(55)39-41(33(57)65-7-3)51-21-53-37(61)49-19-29-30(46-26-16-12-11-15-25(26)45-29)20-50-38(62)54(42(53,34(58)66-8-4)40(49,50)32(56)64-6-2)22-52(41)36(60)48(39)18-28-27(17-47(39)35(51)59)43-23-13-9-10-14-24(23)44-28/h9-16H,5-8,17-22H2,1-4H3. The second-order valence-corrected chi connectivity index (χ2v) is 16.3. The molecule has 5 fully saturated rings. The Morgan fingerprint density at radius 1 is 0.409 bits per heavy atom. The van der Waals surface area contributed by atoms with Gasteiger partial charge in [-0.3, -0.25) is 39.2 Å². The highest BCUT2D eigenvalue weighted by Crippen LogP contribution is 2.61. The first-order chi connectivity index (χ1) is 31.8. The number of para-hydroxylation sites is 4. The Bertz CT molecular complexity index is 2580. The molecule has 2 aromatic carbocycles. The van der Waals surface area contributed by atoms with Crippen molar-refractivity contribution in [1.29, 1.82) is 0 Å². The highest BCUT2D eigenvalue weighted by atomic mass is 16.6. The second-order valence-electron chi connectivity index (χ2n) is 16.3.